The maximum absolute atomic E-state index is 11.7. The lowest BCUT2D eigenvalue weighted by atomic mass is 10.2. The summed E-state index contributed by atoms with van der Waals surface area (Å²) in [5.41, 5.74) is 1.89. The van der Waals surface area contributed by atoms with E-state index in [1.54, 1.807) is 0 Å². The largest absolute Gasteiger partial charge is 0.354 e. The number of amides is 2. The van der Waals surface area contributed by atoms with Crippen molar-refractivity contribution in [3.05, 3.63) is 30.1 Å². The van der Waals surface area contributed by atoms with Crippen LogP contribution in [0.4, 0.5) is 0 Å². The standard InChI is InChI=1S/C16H22N4O2/c1-11(2)16(22)18-10-9-17-15(21)8-7-14-19-12-5-3-4-6-13(12)20-14/h3-6,11H,7-10H2,1-2H3,(H,17,21)(H,18,22)(H,19,20). The number of fused-ring (bicyclic) bond motifs is 1. The van der Waals surface area contributed by atoms with Gasteiger partial charge in [0, 0.05) is 31.8 Å². The van der Waals surface area contributed by atoms with Crippen LogP contribution in [0, 0.1) is 5.92 Å². The van der Waals surface area contributed by atoms with Crippen LogP contribution in [0.5, 0.6) is 0 Å². The zero-order valence-corrected chi connectivity index (χ0v) is 13.0. The first-order valence-electron chi connectivity index (χ1n) is 7.54. The second-order valence-electron chi connectivity index (χ2n) is 5.50. The minimum absolute atomic E-state index is 0.00322. The molecule has 0 aliphatic rings. The zero-order chi connectivity index (χ0) is 15.9. The van der Waals surface area contributed by atoms with E-state index < -0.39 is 0 Å². The molecule has 0 aliphatic heterocycles. The van der Waals surface area contributed by atoms with Gasteiger partial charge in [-0.2, -0.15) is 0 Å². The number of benzene rings is 1. The van der Waals surface area contributed by atoms with Crippen LogP contribution in [0.1, 0.15) is 26.1 Å². The molecule has 2 amide bonds. The lowest BCUT2D eigenvalue weighted by molar-refractivity contribution is -0.124. The molecule has 6 heteroatoms. The second-order valence-corrected chi connectivity index (χ2v) is 5.50. The first kappa shape index (κ1) is 16.0. The smallest absolute Gasteiger partial charge is 0.222 e. The summed E-state index contributed by atoms with van der Waals surface area (Å²) < 4.78 is 0. The molecule has 0 unspecified atom stereocenters. The average Bonchev–Trinajstić information content (AvgIpc) is 2.92. The van der Waals surface area contributed by atoms with Gasteiger partial charge in [-0.25, -0.2) is 4.98 Å². The summed E-state index contributed by atoms with van der Waals surface area (Å²) in [6, 6.07) is 7.78. The number of rotatable bonds is 7. The van der Waals surface area contributed by atoms with Crippen molar-refractivity contribution < 1.29 is 9.59 Å². The number of aromatic amines is 1. The number of carbonyl (C=O) groups excluding carboxylic acids is 2. The first-order chi connectivity index (χ1) is 10.6. The molecule has 6 nitrogen and oxygen atoms in total. The third-order valence-corrected chi connectivity index (χ3v) is 3.30. The number of hydrogen-bond acceptors (Lipinski definition) is 3. The van der Waals surface area contributed by atoms with Crippen LogP contribution in [0.3, 0.4) is 0 Å². The van der Waals surface area contributed by atoms with E-state index in [2.05, 4.69) is 20.6 Å². The van der Waals surface area contributed by atoms with Gasteiger partial charge in [-0.05, 0) is 12.1 Å². The third-order valence-electron chi connectivity index (χ3n) is 3.30. The topological polar surface area (TPSA) is 86.9 Å². The van der Waals surface area contributed by atoms with Crippen LogP contribution in [0.15, 0.2) is 24.3 Å². The highest BCUT2D eigenvalue weighted by Crippen LogP contribution is 2.11. The number of carbonyl (C=O) groups is 2. The molecule has 0 fully saturated rings. The van der Waals surface area contributed by atoms with Gasteiger partial charge in [0.15, 0.2) is 0 Å². The van der Waals surface area contributed by atoms with Gasteiger partial charge in [0.25, 0.3) is 0 Å². The van der Waals surface area contributed by atoms with Crippen molar-refractivity contribution in [1.29, 1.82) is 0 Å². The van der Waals surface area contributed by atoms with E-state index >= 15 is 0 Å². The predicted octanol–water partition coefficient (Wildman–Crippen LogP) is 1.38. The molecule has 0 saturated carbocycles. The molecule has 1 aromatic carbocycles. The highest BCUT2D eigenvalue weighted by atomic mass is 16.2. The van der Waals surface area contributed by atoms with Crippen LogP contribution in [-0.2, 0) is 16.0 Å². The molecule has 1 heterocycles. The Morgan fingerprint density at radius 2 is 1.91 bits per heavy atom. The molecule has 1 aromatic heterocycles. The second kappa shape index (κ2) is 7.59. The average molecular weight is 302 g/mol. The van der Waals surface area contributed by atoms with E-state index in [-0.39, 0.29) is 17.7 Å². The summed E-state index contributed by atoms with van der Waals surface area (Å²) in [5.74, 6) is 0.726. The maximum atomic E-state index is 11.7. The van der Waals surface area contributed by atoms with E-state index in [4.69, 9.17) is 0 Å². The van der Waals surface area contributed by atoms with Gasteiger partial charge in [-0.15, -0.1) is 0 Å². The minimum atomic E-state index is -0.0424. The Morgan fingerprint density at radius 3 is 2.64 bits per heavy atom. The van der Waals surface area contributed by atoms with Gasteiger partial charge in [-0.3, -0.25) is 9.59 Å². The van der Waals surface area contributed by atoms with Crippen LogP contribution in [0.25, 0.3) is 11.0 Å². The van der Waals surface area contributed by atoms with Crippen molar-refractivity contribution in [2.24, 2.45) is 5.92 Å². The van der Waals surface area contributed by atoms with Crippen LogP contribution in [0.2, 0.25) is 0 Å². The summed E-state index contributed by atoms with van der Waals surface area (Å²) in [6.45, 7) is 4.56. The molecule has 0 radical (unpaired) electrons. The molecule has 3 N–H and O–H groups in total. The molecule has 0 saturated heterocycles. The number of hydrogen-bond donors (Lipinski definition) is 3. The molecular formula is C16H22N4O2. The fourth-order valence-electron chi connectivity index (χ4n) is 2.04. The molecule has 0 aliphatic carbocycles. The van der Waals surface area contributed by atoms with Gasteiger partial charge in [-0.1, -0.05) is 26.0 Å². The Morgan fingerprint density at radius 1 is 1.18 bits per heavy atom. The molecule has 118 valence electrons. The van der Waals surface area contributed by atoms with Gasteiger partial charge in [0.2, 0.25) is 11.8 Å². The van der Waals surface area contributed by atoms with Crippen LogP contribution >= 0.6 is 0 Å². The van der Waals surface area contributed by atoms with Crippen LogP contribution in [-0.4, -0.2) is 34.9 Å². The summed E-state index contributed by atoms with van der Waals surface area (Å²) >= 11 is 0. The van der Waals surface area contributed by atoms with E-state index in [0.717, 1.165) is 16.9 Å². The van der Waals surface area contributed by atoms with Crippen molar-refractivity contribution in [2.75, 3.05) is 13.1 Å². The minimum Gasteiger partial charge on any atom is -0.354 e. The SMILES string of the molecule is CC(C)C(=O)NCCNC(=O)CCc1nc2ccccc2[nH]1. The van der Waals surface area contributed by atoms with Crippen molar-refractivity contribution in [3.8, 4) is 0 Å². The number of para-hydroxylation sites is 2. The highest BCUT2D eigenvalue weighted by molar-refractivity contribution is 5.78. The van der Waals surface area contributed by atoms with Crippen molar-refractivity contribution in [1.82, 2.24) is 20.6 Å². The predicted molar refractivity (Wildman–Crippen MR) is 85.3 cm³/mol. The molecule has 2 aromatic rings. The van der Waals surface area contributed by atoms with E-state index in [0.29, 0.717) is 25.9 Å². The molecule has 2 rings (SSSR count). The first-order valence-corrected chi connectivity index (χ1v) is 7.54. The summed E-state index contributed by atoms with van der Waals surface area (Å²) in [6.07, 6.45) is 0.941. The van der Waals surface area contributed by atoms with Crippen molar-refractivity contribution in [3.63, 3.8) is 0 Å². The van der Waals surface area contributed by atoms with Crippen molar-refractivity contribution >= 4 is 22.8 Å². The third kappa shape index (κ3) is 4.58. The van der Waals surface area contributed by atoms with Crippen molar-refractivity contribution in [2.45, 2.75) is 26.7 Å². The molecule has 0 bridgehead atoms. The summed E-state index contributed by atoms with van der Waals surface area (Å²) in [4.78, 5) is 30.7. The van der Waals surface area contributed by atoms with Gasteiger partial charge in [0.1, 0.15) is 5.82 Å². The van der Waals surface area contributed by atoms with Gasteiger partial charge >= 0.3 is 0 Å². The maximum Gasteiger partial charge on any atom is 0.222 e. The lowest BCUT2D eigenvalue weighted by Crippen LogP contribution is -2.36. The Bertz CT molecular complexity index is 615. The number of H-pyrrole nitrogens is 1. The van der Waals surface area contributed by atoms with Gasteiger partial charge in [0.05, 0.1) is 11.0 Å². The monoisotopic (exact) mass is 302 g/mol. The molecule has 0 atom stereocenters. The number of nitrogens with zero attached hydrogens (tertiary/aromatic N) is 1. The highest BCUT2D eigenvalue weighted by Gasteiger charge is 2.07. The fraction of sp³-hybridized carbons (Fsp3) is 0.438. The normalized spacial score (nSPS) is 10.9. The van der Waals surface area contributed by atoms with E-state index in [1.165, 1.54) is 0 Å². The zero-order valence-electron chi connectivity index (χ0n) is 13.0. The number of aryl methyl sites for hydroxylation is 1. The Balaban J connectivity index is 1.68. The lowest BCUT2D eigenvalue weighted by Gasteiger charge is -2.08. The quantitative estimate of drug-likeness (QED) is 0.675. The van der Waals surface area contributed by atoms with Crippen LogP contribution < -0.4 is 10.6 Å². The Labute approximate surface area is 129 Å². The van der Waals surface area contributed by atoms with E-state index in [9.17, 15) is 9.59 Å². The van der Waals surface area contributed by atoms with Gasteiger partial charge < -0.3 is 15.6 Å². The number of aromatic nitrogens is 2. The number of imidazole rings is 1. The fourth-order valence-corrected chi connectivity index (χ4v) is 2.04. The molecule has 22 heavy (non-hydrogen) atoms. The van der Waals surface area contributed by atoms with E-state index in [1.807, 2.05) is 38.1 Å². The summed E-state index contributed by atoms with van der Waals surface area (Å²) in [7, 11) is 0. The summed E-state index contributed by atoms with van der Waals surface area (Å²) in [5, 5.41) is 5.54. The Kier molecular flexibility index (Phi) is 5.52. The number of nitrogens with one attached hydrogen (secondary N) is 3. The molecule has 0 spiro atoms. The molecular weight excluding hydrogens is 280 g/mol. The Hall–Kier alpha value is -2.37.